The highest BCUT2D eigenvalue weighted by Crippen LogP contribution is 2.38. The van der Waals surface area contributed by atoms with Crippen molar-refractivity contribution in [2.45, 2.75) is 44.6 Å². The Morgan fingerprint density at radius 3 is 2.45 bits per heavy atom. The topological polar surface area (TPSA) is 109 Å². The van der Waals surface area contributed by atoms with Crippen LogP contribution in [0.4, 0.5) is 38.1 Å². The molecule has 2 atom stereocenters. The van der Waals surface area contributed by atoms with Gasteiger partial charge in [0.15, 0.2) is 5.75 Å². The molecule has 2 unspecified atom stereocenters. The SMILES string of the molecule is Cc1nc(NCC(F)(F)F)nc(NC2CCC(CNS(=O)(=O)CC(F)(F)F)C2)c1-c1nc2ccccc2s1. The summed E-state index contributed by atoms with van der Waals surface area (Å²) >= 11 is 1.38. The van der Waals surface area contributed by atoms with E-state index >= 15 is 0 Å². The summed E-state index contributed by atoms with van der Waals surface area (Å²) in [7, 11) is -4.51. The Morgan fingerprint density at radius 1 is 1.03 bits per heavy atom. The summed E-state index contributed by atoms with van der Waals surface area (Å²) in [5, 5.41) is 5.99. The molecule has 0 bridgehead atoms. The highest BCUT2D eigenvalue weighted by Gasteiger charge is 2.36. The lowest BCUT2D eigenvalue weighted by molar-refractivity contribution is -0.115. The first-order valence-corrected chi connectivity index (χ1v) is 14.0. The summed E-state index contributed by atoms with van der Waals surface area (Å²) in [6.45, 7) is 0.165. The number of aryl methyl sites for hydroxylation is 1. The third-order valence-electron chi connectivity index (χ3n) is 5.87. The van der Waals surface area contributed by atoms with Crippen LogP contribution in [-0.2, 0) is 10.0 Å². The number of hydrogen-bond donors (Lipinski definition) is 3. The molecule has 2 heterocycles. The minimum Gasteiger partial charge on any atom is -0.367 e. The number of anilines is 2. The summed E-state index contributed by atoms with van der Waals surface area (Å²) in [6, 6.07) is 7.17. The molecule has 0 radical (unpaired) electrons. The van der Waals surface area contributed by atoms with Crippen molar-refractivity contribution in [2.75, 3.05) is 29.5 Å². The summed E-state index contributed by atoms with van der Waals surface area (Å²) in [4.78, 5) is 13.1. The third kappa shape index (κ3) is 7.66. The van der Waals surface area contributed by atoms with E-state index in [1.54, 1.807) is 6.92 Å². The molecule has 8 nitrogen and oxygen atoms in total. The summed E-state index contributed by atoms with van der Waals surface area (Å²) in [6.07, 6.45) is -7.81. The monoisotopic (exact) mass is 582 g/mol. The van der Waals surface area contributed by atoms with Crippen molar-refractivity contribution in [2.24, 2.45) is 5.92 Å². The van der Waals surface area contributed by atoms with Gasteiger partial charge in [-0.05, 0) is 44.2 Å². The van der Waals surface area contributed by atoms with Crippen molar-refractivity contribution in [3.63, 3.8) is 0 Å². The molecule has 2 aromatic heterocycles. The maximum atomic E-state index is 12.8. The average Bonchev–Trinajstić information content (AvgIpc) is 3.40. The first-order chi connectivity index (χ1) is 17.7. The van der Waals surface area contributed by atoms with E-state index in [9.17, 15) is 34.8 Å². The fourth-order valence-corrected chi connectivity index (χ4v) is 6.35. The summed E-state index contributed by atoms with van der Waals surface area (Å²) in [5.74, 6) is -2.13. The van der Waals surface area contributed by atoms with E-state index in [-0.39, 0.29) is 30.3 Å². The van der Waals surface area contributed by atoms with Gasteiger partial charge < -0.3 is 10.6 Å². The Balaban J connectivity index is 1.54. The second-order valence-corrected chi connectivity index (χ2v) is 11.9. The van der Waals surface area contributed by atoms with E-state index in [0.29, 0.717) is 35.5 Å². The first kappa shape index (κ1) is 28.3. The van der Waals surface area contributed by atoms with E-state index < -0.39 is 34.7 Å². The van der Waals surface area contributed by atoms with Crippen LogP contribution >= 0.6 is 11.3 Å². The van der Waals surface area contributed by atoms with E-state index in [1.165, 1.54) is 11.3 Å². The smallest absolute Gasteiger partial charge is 0.367 e. The van der Waals surface area contributed by atoms with Crippen LogP contribution < -0.4 is 15.4 Å². The number of benzene rings is 1. The van der Waals surface area contributed by atoms with Crippen molar-refractivity contribution in [3.8, 4) is 10.6 Å². The van der Waals surface area contributed by atoms with Gasteiger partial charge in [-0.3, -0.25) is 0 Å². The number of fused-ring (bicyclic) bond motifs is 1. The number of halogens is 6. The predicted molar refractivity (Wildman–Crippen MR) is 133 cm³/mol. The maximum absolute atomic E-state index is 12.8. The number of thiazole rings is 1. The van der Waals surface area contributed by atoms with Crippen LogP contribution in [0.3, 0.4) is 0 Å². The van der Waals surface area contributed by atoms with Gasteiger partial charge in [-0.25, -0.2) is 23.1 Å². The van der Waals surface area contributed by atoms with Crippen LogP contribution in [-0.4, -0.2) is 60.6 Å². The second kappa shape index (κ2) is 10.8. The van der Waals surface area contributed by atoms with Gasteiger partial charge in [0.25, 0.3) is 0 Å². The molecule has 0 saturated heterocycles. The van der Waals surface area contributed by atoms with Gasteiger partial charge in [0.1, 0.15) is 17.4 Å². The number of sulfonamides is 1. The van der Waals surface area contributed by atoms with Crippen molar-refractivity contribution >= 4 is 43.3 Å². The van der Waals surface area contributed by atoms with Gasteiger partial charge in [-0.15, -0.1) is 11.3 Å². The predicted octanol–water partition coefficient (Wildman–Crippen LogP) is 5.10. The van der Waals surface area contributed by atoms with Crippen LogP contribution in [0.1, 0.15) is 25.0 Å². The molecule has 0 spiro atoms. The third-order valence-corrected chi connectivity index (χ3v) is 8.24. The highest BCUT2D eigenvalue weighted by molar-refractivity contribution is 7.89. The fraction of sp³-hybridized carbons (Fsp3) is 0.500. The Hall–Kier alpha value is -2.72. The zero-order valence-corrected chi connectivity index (χ0v) is 21.6. The molecule has 38 heavy (non-hydrogen) atoms. The van der Waals surface area contributed by atoms with Gasteiger partial charge in [0, 0.05) is 12.6 Å². The Labute approximate surface area is 218 Å². The molecule has 3 aromatic rings. The molecule has 1 aliphatic rings. The van der Waals surface area contributed by atoms with Crippen molar-refractivity contribution in [1.29, 1.82) is 0 Å². The lowest BCUT2D eigenvalue weighted by Crippen LogP contribution is -2.36. The minimum atomic E-state index is -4.84. The van der Waals surface area contributed by atoms with Crippen LogP contribution in [0.5, 0.6) is 0 Å². The van der Waals surface area contributed by atoms with E-state index in [0.717, 1.165) is 10.2 Å². The van der Waals surface area contributed by atoms with Crippen molar-refractivity contribution < 1.29 is 34.8 Å². The number of nitrogens with one attached hydrogen (secondary N) is 3. The van der Waals surface area contributed by atoms with Gasteiger partial charge in [-0.1, -0.05) is 12.1 Å². The van der Waals surface area contributed by atoms with Crippen LogP contribution in [0, 0.1) is 12.8 Å². The van der Waals surface area contributed by atoms with Gasteiger partial charge >= 0.3 is 12.4 Å². The molecule has 0 amide bonds. The fourth-order valence-electron chi connectivity index (χ4n) is 4.27. The van der Waals surface area contributed by atoms with Gasteiger partial charge in [-0.2, -0.15) is 31.3 Å². The molecule has 1 aromatic carbocycles. The Bertz CT molecular complexity index is 1360. The lowest BCUT2D eigenvalue weighted by atomic mass is 10.1. The van der Waals surface area contributed by atoms with Crippen LogP contribution in [0.15, 0.2) is 24.3 Å². The number of rotatable bonds is 9. The lowest BCUT2D eigenvalue weighted by Gasteiger charge is -2.19. The minimum absolute atomic E-state index is 0.150. The standard InChI is InChI=1S/C22H24F6N6O2S2/c1-12-17(19-33-15-4-2-3-5-16(15)37-19)18(34-20(31-12)29-10-21(23,24)25)32-14-7-6-13(8-14)9-30-38(35,36)11-22(26,27)28/h2-5,13-14,30H,6-11H2,1H3,(H2,29,31,32,34). The molecule has 16 heteroatoms. The number of alkyl halides is 6. The molecule has 4 rings (SSSR count). The normalized spacial score (nSPS) is 18.7. The Morgan fingerprint density at radius 2 is 1.76 bits per heavy atom. The summed E-state index contributed by atoms with van der Waals surface area (Å²) < 4.78 is 102. The largest absolute Gasteiger partial charge is 0.405 e. The number of aromatic nitrogens is 3. The van der Waals surface area contributed by atoms with E-state index in [4.69, 9.17) is 0 Å². The summed E-state index contributed by atoms with van der Waals surface area (Å²) in [5.41, 5.74) is 1.67. The van der Waals surface area contributed by atoms with Crippen molar-refractivity contribution in [3.05, 3.63) is 30.0 Å². The molecule has 1 saturated carbocycles. The van der Waals surface area contributed by atoms with E-state index in [1.807, 2.05) is 29.0 Å². The quantitative estimate of drug-likeness (QED) is 0.302. The highest BCUT2D eigenvalue weighted by atomic mass is 32.2. The number of para-hydroxylation sites is 1. The zero-order valence-electron chi connectivity index (χ0n) is 19.9. The van der Waals surface area contributed by atoms with Crippen LogP contribution in [0.25, 0.3) is 20.8 Å². The number of hydrogen-bond acceptors (Lipinski definition) is 8. The molecule has 1 fully saturated rings. The van der Waals surface area contributed by atoms with Gasteiger partial charge in [0.2, 0.25) is 16.0 Å². The average molecular weight is 583 g/mol. The molecule has 3 N–H and O–H groups in total. The van der Waals surface area contributed by atoms with Gasteiger partial charge in [0.05, 0.1) is 21.5 Å². The molecule has 0 aliphatic heterocycles. The Kier molecular flexibility index (Phi) is 8.04. The first-order valence-electron chi connectivity index (χ1n) is 11.5. The van der Waals surface area contributed by atoms with Crippen molar-refractivity contribution in [1.82, 2.24) is 19.7 Å². The maximum Gasteiger partial charge on any atom is 0.405 e. The molecule has 1 aliphatic carbocycles. The van der Waals surface area contributed by atoms with Crippen LogP contribution in [0.2, 0.25) is 0 Å². The number of nitrogens with zero attached hydrogens (tertiary/aromatic N) is 3. The molecular formula is C22H24F6N6O2S2. The second-order valence-electron chi connectivity index (χ2n) is 9.05. The zero-order chi connectivity index (χ0) is 27.7. The molecular weight excluding hydrogens is 558 g/mol. The van der Waals surface area contributed by atoms with E-state index in [2.05, 4.69) is 25.6 Å². The molecule has 208 valence electrons.